The molecular formula is C12H21F3N2O3. The highest BCUT2D eigenvalue weighted by Gasteiger charge is 2.30. The van der Waals surface area contributed by atoms with Crippen molar-refractivity contribution in [2.75, 3.05) is 6.54 Å². The van der Waals surface area contributed by atoms with Crippen LogP contribution in [-0.2, 0) is 9.53 Å². The van der Waals surface area contributed by atoms with Gasteiger partial charge in [0.1, 0.15) is 18.2 Å². The molecule has 5 nitrogen and oxygen atoms in total. The van der Waals surface area contributed by atoms with Gasteiger partial charge in [0, 0.05) is 0 Å². The topological polar surface area (TPSA) is 67.4 Å². The summed E-state index contributed by atoms with van der Waals surface area (Å²) in [6.07, 6.45) is -4.57. The Labute approximate surface area is 116 Å². The Hall–Kier alpha value is -1.47. The lowest BCUT2D eigenvalue weighted by Crippen LogP contribution is -2.49. The largest absolute Gasteiger partial charge is 0.444 e. The van der Waals surface area contributed by atoms with Crippen LogP contribution in [0.15, 0.2) is 0 Å². The van der Waals surface area contributed by atoms with Gasteiger partial charge in [-0.3, -0.25) is 4.79 Å². The number of carbonyl (C=O) groups excluding carboxylic acids is 2. The number of amides is 2. The maximum atomic E-state index is 12.0. The molecule has 0 radical (unpaired) electrons. The van der Waals surface area contributed by atoms with E-state index in [1.807, 2.05) is 0 Å². The number of ether oxygens (including phenoxy) is 1. The molecule has 0 saturated carbocycles. The van der Waals surface area contributed by atoms with Gasteiger partial charge in [-0.05, 0) is 27.2 Å². The van der Waals surface area contributed by atoms with E-state index >= 15 is 0 Å². The van der Waals surface area contributed by atoms with E-state index in [2.05, 4.69) is 5.32 Å². The lowest BCUT2D eigenvalue weighted by molar-refractivity contribution is -0.139. The highest BCUT2D eigenvalue weighted by Crippen LogP contribution is 2.12. The molecular weight excluding hydrogens is 277 g/mol. The number of hydrogen-bond acceptors (Lipinski definition) is 3. The number of rotatable bonds is 5. The van der Waals surface area contributed by atoms with E-state index < -0.39 is 36.4 Å². The van der Waals surface area contributed by atoms with Crippen LogP contribution >= 0.6 is 0 Å². The molecule has 8 heteroatoms. The van der Waals surface area contributed by atoms with Gasteiger partial charge in [-0.1, -0.05) is 13.3 Å². The third-order valence-electron chi connectivity index (χ3n) is 2.05. The monoisotopic (exact) mass is 298 g/mol. The average molecular weight is 298 g/mol. The van der Waals surface area contributed by atoms with Crippen LogP contribution in [0.2, 0.25) is 0 Å². The first-order valence-electron chi connectivity index (χ1n) is 6.28. The summed E-state index contributed by atoms with van der Waals surface area (Å²) in [5.74, 6) is -0.880. The fourth-order valence-corrected chi connectivity index (χ4v) is 1.32. The molecule has 0 bridgehead atoms. The van der Waals surface area contributed by atoms with E-state index in [9.17, 15) is 22.8 Å². The van der Waals surface area contributed by atoms with Crippen LogP contribution in [0.3, 0.4) is 0 Å². The van der Waals surface area contributed by atoms with Crippen molar-refractivity contribution >= 4 is 12.0 Å². The molecule has 0 aliphatic rings. The Bertz CT molecular complexity index is 338. The molecule has 0 unspecified atom stereocenters. The zero-order chi connectivity index (χ0) is 16.0. The Morgan fingerprint density at radius 1 is 1.20 bits per heavy atom. The molecule has 2 N–H and O–H groups in total. The summed E-state index contributed by atoms with van der Waals surface area (Å²) in [6.45, 7) is 5.25. The first kappa shape index (κ1) is 18.5. The highest BCUT2D eigenvalue weighted by molar-refractivity contribution is 5.85. The van der Waals surface area contributed by atoms with Crippen molar-refractivity contribution in [2.45, 2.75) is 58.4 Å². The summed E-state index contributed by atoms with van der Waals surface area (Å²) >= 11 is 0. The fourth-order valence-electron chi connectivity index (χ4n) is 1.32. The Balaban J connectivity index is 4.48. The van der Waals surface area contributed by atoms with Crippen LogP contribution < -0.4 is 10.6 Å². The number of nitrogens with one attached hydrogen (secondary N) is 2. The number of halogens is 3. The quantitative estimate of drug-likeness (QED) is 0.818. The van der Waals surface area contributed by atoms with Crippen LogP contribution in [0, 0.1) is 0 Å². The van der Waals surface area contributed by atoms with Gasteiger partial charge < -0.3 is 15.4 Å². The van der Waals surface area contributed by atoms with E-state index in [1.54, 1.807) is 33.0 Å². The minimum atomic E-state index is -4.49. The first-order chi connectivity index (χ1) is 8.94. The lowest BCUT2D eigenvalue weighted by atomic mass is 10.1. The van der Waals surface area contributed by atoms with Crippen molar-refractivity contribution < 1.29 is 27.5 Å². The zero-order valence-corrected chi connectivity index (χ0v) is 12.1. The summed E-state index contributed by atoms with van der Waals surface area (Å²) < 4.78 is 41.0. The van der Waals surface area contributed by atoms with Crippen LogP contribution in [0.1, 0.15) is 40.5 Å². The maximum Gasteiger partial charge on any atom is 0.408 e. The summed E-state index contributed by atoms with van der Waals surface area (Å²) in [4.78, 5) is 23.1. The van der Waals surface area contributed by atoms with Gasteiger partial charge in [0.05, 0.1) is 0 Å². The fraction of sp³-hybridized carbons (Fsp3) is 0.833. The predicted molar refractivity (Wildman–Crippen MR) is 67.1 cm³/mol. The van der Waals surface area contributed by atoms with Crippen LogP contribution in [0.4, 0.5) is 18.0 Å². The van der Waals surface area contributed by atoms with E-state index in [-0.39, 0.29) is 6.42 Å². The molecule has 0 saturated heterocycles. The van der Waals surface area contributed by atoms with Crippen LogP contribution in [-0.4, -0.2) is 36.4 Å². The second-order valence-electron chi connectivity index (χ2n) is 5.32. The number of carbonyl (C=O) groups is 2. The number of hydrogen-bond donors (Lipinski definition) is 2. The lowest BCUT2D eigenvalue weighted by Gasteiger charge is -2.23. The Morgan fingerprint density at radius 3 is 2.15 bits per heavy atom. The predicted octanol–water partition coefficient (Wildman–Crippen LogP) is 2.36. The maximum absolute atomic E-state index is 12.0. The average Bonchev–Trinajstić information content (AvgIpc) is 2.21. The first-order valence-corrected chi connectivity index (χ1v) is 6.28. The van der Waals surface area contributed by atoms with Crippen molar-refractivity contribution in [1.82, 2.24) is 10.6 Å². The third kappa shape index (κ3) is 9.46. The molecule has 0 aromatic carbocycles. The van der Waals surface area contributed by atoms with E-state index in [0.29, 0.717) is 6.42 Å². The molecule has 118 valence electrons. The van der Waals surface area contributed by atoms with E-state index in [0.717, 1.165) is 0 Å². The zero-order valence-electron chi connectivity index (χ0n) is 12.1. The van der Waals surface area contributed by atoms with Crippen molar-refractivity contribution in [3.8, 4) is 0 Å². The second kappa shape index (κ2) is 7.35. The van der Waals surface area contributed by atoms with Gasteiger partial charge in [0.15, 0.2) is 0 Å². The molecule has 0 aliphatic heterocycles. The molecule has 0 aromatic rings. The van der Waals surface area contributed by atoms with Crippen molar-refractivity contribution in [2.24, 2.45) is 0 Å². The van der Waals surface area contributed by atoms with Crippen molar-refractivity contribution in [3.63, 3.8) is 0 Å². The van der Waals surface area contributed by atoms with Crippen LogP contribution in [0.5, 0.6) is 0 Å². The smallest absolute Gasteiger partial charge is 0.408 e. The molecule has 0 rings (SSSR count). The molecule has 0 aliphatic carbocycles. The molecule has 0 fully saturated rings. The minimum absolute atomic E-state index is 0.225. The molecule has 0 aromatic heterocycles. The van der Waals surface area contributed by atoms with Crippen molar-refractivity contribution in [1.29, 1.82) is 0 Å². The van der Waals surface area contributed by atoms with Gasteiger partial charge in [0.25, 0.3) is 0 Å². The molecule has 2 amide bonds. The standard InChI is InChI=1S/C12H21F3N2O3/c1-5-6-8(9(18)16-7-12(13,14)15)17-10(19)20-11(2,3)4/h8H,5-7H2,1-4H3,(H,16,18)(H,17,19)/t8-/m1/s1. The summed E-state index contributed by atoms with van der Waals surface area (Å²) in [7, 11) is 0. The summed E-state index contributed by atoms with van der Waals surface area (Å²) in [5.41, 5.74) is -0.747. The summed E-state index contributed by atoms with van der Waals surface area (Å²) in [5, 5.41) is 4.01. The molecule has 0 heterocycles. The third-order valence-corrected chi connectivity index (χ3v) is 2.05. The van der Waals surface area contributed by atoms with Crippen molar-refractivity contribution in [3.05, 3.63) is 0 Å². The molecule has 0 spiro atoms. The Kier molecular flexibility index (Phi) is 6.81. The Morgan fingerprint density at radius 2 is 1.75 bits per heavy atom. The van der Waals surface area contributed by atoms with E-state index in [4.69, 9.17) is 4.74 Å². The molecule has 20 heavy (non-hydrogen) atoms. The normalized spacial score (nSPS) is 13.6. The van der Waals surface area contributed by atoms with Gasteiger partial charge in [-0.25, -0.2) is 4.79 Å². The number of alkyl carbamates (subject to hydrolysis) is 1. The summed E-state index contributed by atoms with van der Waals surface area (Å²) in [6, 6.07) is -1.04. The van der Waals surface area contributed by atoms with Crippen LogP contribution in [0.25, 0.3) is 0 Å². The SMILES string of the molecule is CCC[C@@H](NC(=O)OC(C)(C)C)C(=O)NCC(F)(F)F. The molecule has 1 atom stereocenters. The number of alkyl halides is 3. The second-order valence-corrected chi connectivity index (χ2v) is 5.32. The van der Waals surface area contributed by atoms with E-state index in [1.165, 1.54) is 0 Å². The van der Waals surface area contributed by atoms with Gasteiger partial charge in [0.2, 0.25) is 5.91 Å². The van der Waals surface area contributed by atoms with Gasteiger partial charge in [-0.15, -0.1) is 0 Å². The minimum Gasteiger partial charge on any atom is -0.444 e. The van der Waals surface area contributed by atoms with Gasteiger partial charge in [-0.2, -0.15) is 13.2 Å². The highest BCUT2D eigenvalue weighted by atomic mass is 19.4. The van der Waals surface area contributed by atoms with Gasteiger partial charge >= 0.3 is 12.3 Å².